The van der Waals surface area contributed by atoms with Gasteiger partial charge in [0.25, 0.3) is 0 Å². The molecule has 3 rings (SSSR count). The van der Waals surface area contributed by atoms with Crippen molar-refractivity contribution < 1.29 is 18.7 Å². The van der Waals surface area contributed by atoms with Crippen molar-refractivity contribution in [2.75, 3.05) is 25.6 Å². The predicted octanol–water partition coefficient (Wildman–Crippen LogP) is 2.39. The molecule has 0 spiro atoms. The molecule has 1 aliphatic rings. The number of likely N-dealkylation sites (N-methyl/N-ethyl adjacent to an activating group) is 1. The van der Waals surface area contributed by atoms with E-state index in [0.717, 1.165) is 16.8 Å². The van der Waals surface area contributed by atoms with Gasteiger partial charge in [-0.1, -0.05) is 24.3 Å². The molecule has 2 aromatic rings. The van der Waals surface area contributed by atoms with Gasteiger partial charge in [-0.2, -0.15) is 0 Å². The van der Waals surface area contributed by atoms with Crippen LogP contribution in [0.25, 0.3) is 0 Å². The molecule has 6 heteroatoms. The Hall–Kier alpha value is -2.89. The van der Waals surface area contributed by atoms with Crippen LogP contribution in [0.1, 0.15) is 11.1 Å². The van der Waals surface area contributed by atoms with Gasteiger partial charge < -0.3 is 14.5 Å². The van der Waals surface area contributed by atoms with E-state index in [2.05, 4.69) is 0 Å². The molecule has 0 N–H and O–H groups in total. The van der Waals surface area contributed by atoms with E-state index < -0.39 is 12.0 Å². The lowest BCUT2D eigenvalue weighted by molar-refractivity contribution is -0.153. The van der Waals surface area contributed by atoms with E-state index in [4.69, 9.17) is 4.74 Å². The molecule has 0 saturated carbocycles. The van der Waals surface area contributed by atoms with Gasteiger partial charge in [0.15, 0.2) is 0 Å². The molecule has 1 unspecified atom stereocenters. The number of amides is 1. The second kappa shape index (κ2) is 7.56. The molecule has 0 fully saturated rings. The highest BCUT2D eigenvalue weighted by molar-refractivity contribution is 5.88. The van der Waals surface area contributed by atoms with Crippen LogP contribution in [0, 0.1) is 5.82 Å². The van der Waals surface area contributed by atoms with Gasteiger partial charge in [-0.25, -0.2) is 9.18 Å². The van der Waals surface area contributed by atoms with Crippen molar-refractivity contribution >= 4 is 17.6 Å². The van der Waals surface area contributed by atoms with Gasteiger partial charge in [0.05, 0.1) is 13.7 Å². The lowest BCUT2D eigenvalue weighted by atomic mass is 9.94. The number of halogens is 1. The average Bonchev–Trinajstić information content (AvgIpc) is 2.66. The number of rotatable bonds is 4. The van der Waals surface area contributed by atoms with Crippen LogP contribution >= 0.6 is 0 Å². The third kappa shape index (κ3) is 3.69. The summed E-state index contributed by atoms with van der Waals surface area (Å²) in [7, 11) is 3.09. The highest BCUT2D eigenvalue weighted by Crippen LogP contribution is 2.24. The maximum absolute atomic E-state index is 13.1. The molecule has 5 nitrogen and oxygen atoms in total. The van der Waals surface area contributed by atoms with Crippen LogP contribution in [-0.2, 0) is 27.3 Å². The highest BCUT2D eigenvalue weighted by atomic mass is 19.1. The fourth-order valence-electron chi connectivity index (χ4n) is 3.21. The average molecular weight is 356 g/mol. The van der Waals surface area contributed by atoms with E-state index in [9.17, 15) is 14.0 Å². The van der Waals surface area contributed by atoms with Gasteiger partial charge in [-0.05, 0) is 35.4 Å². The number of ether oxygens (including phenoxy) is 1. The Balaban J connectivity index is 1.79. The molecular weight excluding hydrogens is 335 g/mol. The molecular formula is C20H21FN2O3. The summed E-state index contributed by atoms with van der Waals surface area (Å²) < 4.78 is 18.0. The smallest absolute Gasteiger partial charge is 0.328 e. The maximum Gasteiger partial charge on any atom is 0.328 e. The first-order valence-corrected chi connectivity index (χ1v) is 8.40. The summed E-state index contributed by atoms with van der Waals surface area (Å²) in [6, 6.07) is 13.1. The Morgan fingerprint density at radius 3 is 2.46 bits per heavy atom. The minimum absolute atomic E-state index is 0.0846. The van der Waals surface area contributed by atoms with Gasteiger partial charge in [0, 0.05) is 25.7 Å². The lowest BCUT2D eigenvalue weighted by Gasteiger charge is -2.36. The van der Waals surface area contributed by atoms with Crippen LogP contribution < -0.4 is 4.90 Å². The molecule has 136 valence electrons. The Labute approximate surface area is 152 Å². The van der Waals surface area contributed by atoms with E-state index in [1.54, 1.807) is 29.0 Å². The van der Waals surface area contributed by atoms with Crippen LogP contribution in [0.2, 0.25) is 0 Å². The van der Waals surface area contributed by atoms with Crippen molar-refractivity contribution in [2.24, 2.45) is 0 Å². The first kappa shape index (κ1) is 17.9. The Morgan fingerprint density at radius 2 is 1.81 bits per heavy atom. The standard InChI is InChI=1S/C20H21FN2O3/c1-22(17-9-7-16(21)8-10-17)13-19(24)23-12-15-6-4-3-5-14(15)11-18(23)20(25)26-2/h3-10,18H,11-13H2,1-2H3. The molecule has 2 aromatic carbocycles. The number of esters is 1. The Morgan fingerprint density at radius 1 is 1.15 bits per heavy atom. The lowest BCUT2D eigenvalue weighted by Crippen LogP contribution is -2.51. The largest absolute Gasteiger partial charge is 0.467 e. The molecule has 1 aliphatic heterocycles. The summed E-state index contributed by atoms with van der Waals surface area (Å²) in [5, 5.41) is 0. The number of carbonyl (C=O) groups excluding carboxylic acids is 2. The second-order valence-corrected chi connectivity index (χ2v) is 6.37. The number of fused-ring (bicyclic) bond motifs is 1. The summed E-state index contributed by atoms with van der Waals surface area (Å²) in [4.78, 5) is 28.4. The Kier molecular flexibility index (Phi) is 5.21. The van der Waals surface area contributed by atoms with Gasteiger partial charge in [-0.15, -0.1) is 0 Å². The Bertz CT molecular complexity index is 807. The molecule has 0 saturated heterocycles. The highest BCUT2D eigenvalue weighted by Gasteiger charge is 2.35. The van der Waals surface area contributed by atoms with Crippen LogP contribution in [0.5, 0.6) is 0 Å². The van der Waals surface area contributed by atoms with E-state index in [1.165, 1.54) is 19.2 Å². The van der Waals surface area contributed by atoms with Crippen LogP contribution in [0.3, 0.4) is 0 Å². The van der Waals surface area contributed by atoms with Crippen molar-refractivity contribution in [1.82, 2.24) is 4.90 Å². The third-order valence-corrected chi connectivity index (χ3v) is 4.68. The van der Waals surface area contributed by atoms with Crippen molar-refractivity contribution in [2.45, 2.75) is 19.0 Å². The minimum atomic E-state index is -0.635. The minimum Gasteiger partial charge on any atom is -0.467 e. The normalized spacial score (nSPS) is 16.0. The first-order chi connectivity index (χ1) is 12.5. The number of benzene rings is 2. The number of hydrogen-bond acceptors (Lipinski definition) is 4. The summed E-state index contributed by atoms with van der Waals surface area (Å²) in [5.41, 5.74) is 2.82. The van der Waals surface area contributed by atoms with E-state index in [0.29, 0.717) is 13.0 Å². The summed E-state index contributed by atoms with van der Waals surface area (Å²) in [6.45, 7) is 0.452. The summed E-state index contributed by atoms with van der Waals surface area (Å²) >= 11 is 0. The quantitative estimate of drug-likeness (QED) is 0.790. The maximum atomic E-state index is 13.1. The number of hydrogen-bond donors (Lipinski definition) is 0. The zero-order valence-electron chi connectivity index (χ0n) is 14.8. The number of carbonyl (C=O) groups is 2. The molecule has 1 atom stereocenters. The fourth-order valence-corrected chi connectivity index (χ4v) is 3.21. The van der Waals surface area contributed by atoms with Gasteiger partial charge in [-0.3, -0.25) is 4.79 Å². The van der Waals surface area contributed by atoms with Crippen molar-refractivity contribution in [3.8, 4) is 0 Å². The molecule has 0 aromatic heterocycles. The first-order valence-electron chi connectivity index (χ1n) is 8.40. The van der Waals surface area contributed by atoms with Crippen molar-refractivity contribution in [1.29, 1.82) is 0 Å². The zero-order valence-corrected chi connectivity index (χ0v) is 14.8. The van der Waals surface area contributed by atoms with Crippen LogP contribution in [-0.4, -0.2) is 43.5 Å². The zero-order chi connectivity index (χ0) is 18.7. The SMILES string of the molecule is COC(=O)C1Cc2ccccc2CN1C(=O)CN(C)c1ccc(F)cc1. The number of methoxy groups -OCH3 is 1. The van der Waals surface area contributed by atoms with Gasteiger partial charge in [0.2, 0.25) is 5.91 Å². The third-order valence-electron chi connectivity index (χ3n) is 4.68. The predicted molar refractivity (Wildman–Crippen MR) is 96.2 cm³/mol. The van der Waals surface area contributed by atoms with Gasteiger partial charge >= 0.3 is 5.97 Å². The molecule has 26 heavy (non-hydrogen) atoms. The number of nitrogens with zero attached hydrogens (tertiary/aromatic N) is 2. The summed E-state index contributed by atoms with van der Waals surface area (Å²) in [5.74, 6) is -0.925. The molecule has 0 aliphatic carbocycles. The number of anilines is 1. The monoisotopic (exact) mass is 356 g/mol. The van der Waals surface area contributed by atoms with Crippen LogP contribution in [0.15, 0.2) is 48.5 Å². The van der Waals surface area contributed by atoms with Crippen molar-refractivity contribution in [3.63, 3.8) is 0 Å². The van der Waals surface area contributed by atoms with E-state index in [1.807, 2.05) is 24.3 Å². The molecule has 1 heterocycles. The topological polar surface area (TPSA) is 49.9 Å². The molecule has 1 amide bonds. The molecule has 0 bridgehead atoms. The van der Waals surface area contributed by atoms with E-state index in [-0.39, 0.29) is 18.3 Å². The fraction of sp³-hybridized carbons (Fsp3) is 0.300. The summed E-state index contributed by atoms with van der Waals surface area (Å²) in [6.07, 6.45) is 0.439. The molecule has 0 radical (unpaired) electrons. The van der Waals surface area contributed by atoms with E-state index >= 15 is 0 Å². The van der Waals surface area contributed by atoms with Crippen LogP contribution in [0.4, 0.5) is 10.1 Å². The van der Waals surface area contributed by atoms with Crippen molar-refractivity contribution in [3.05, 3.63) is 65.5 Å². The van der Waals surface area contributed by atoms with Gasteiger partial charge in [0.1, 0.15) is 11.9 Å². The second-order valence-electron chi connectivity index (χ2n) is 6.37.